The molecule has 1 aromatic heterocycles. The minimum atomic E-state index is -0.903. The number of carbonyl (C=O) groups excluding carboxylic acids is 1. The Hall–Kier alpha value is -2.21. The molecule has 5 nitrogen and oxygen atoms in total. The molecule has 0 aliphatic carbocycles. The van der Waals surface area contributed by atoms with Crippen LogP contribution in [-0.4, -0.2) is 33.4 Å². The van der Waals surface area contributed by atoms with Crippen molar-refractivity contribution in [2.24, 2.45) is 0 Å². The molecule has 2 heterocycles. The maximum absolute atomic E-state index is 12.3. The number of amides is 1. The van der Waals surface area contributed by atoms with Crippen molar-refractivity contribution in [1.29, 1.82) is 0 Å². The van der Waals surface area contributed by atoms with Gasteiger partial charge in [-0.3, -0.25) is 14.6 Å². The molecule has 6 heteroatoms. The number of nitrogens with zero attached hydrogens (tertiary/aromatic N) is 2. The molecule has 3 rings (SSSR count). The molecule has 1 aromatic carbocycles. The van der Waals surface area contributed by atoms with Crippen LogP contribution in [0.2, 0.25) is 0 Å². The normalized spacial score (nSPS) is 17.6. The molecule has 0 saturated carbocycles. The summed E-state index contributed by atoms with van der Waals surface area (Å²) < 4.78 is 0. The van der Waals surface area contributed by atoms with E-state index in [1.54, 1.807) is 10.4 Å². The fourth-order valence-corrected chi connectivity index (χ4v) is 3.04. The summed E-state index contributed by atoms with van der Waals surface area (Å²) in [6.07, 6.45) is 1.52. The maximum atomic E-state index is 12.3. The summed E-state index contributed by atoms with van der Waals surface area (Å²) in [6.45, 7) is 0.639. The first-order valence-electron chi connectivity index (χ1n) is 6.15. The maximum Gasteiger partial charge on any atom is 0.312 e. The first-order valence-corrected chi connectivity index (χ1v) is 7.03. The van der Waals surface area contributed by atoms with Crippen LogP contribution in [0.5, 0.6) is 0 Å². The third-order valence-electron chi connectivity index (χ3n) is 3.42. The van der Waals surface area contributed by atoms with Crippen LogP contribution in [0.1, 0.15) is 26.7 Å². The number of carboxylic acids is 1. The number of aliphatic carboxylic acids is 1. The number of rotatable bonds is 2. The van der Waals surface area contributed by atoms with E-state index >= 15 is 0 Å². The Morgan fingerprint density at radius 2 is 2.15 bits per heavy atom. The van der Waals surface area contributed by atoms with Crippen molar-refractivity contribution in [1.82, 2.24) is 9.88 Å². The molecule has 1 unspecified atom stereocenters. The molecule has 1 atom stereocenters. The van der Waals surface area contributed by atoms with Gasteiger partial charge in [-0.2, -0.15) is 0 Å². The zero-order chi connectivity index (χ0) is 14.1. The second-order valence-electron chi connectivity index (χ2n) is 4.64. The average molecular weight is 288 g/mol. The largest absolute Gasteiger partial charge is 0.481 e. The molecular weight excluding hydrogens is 276 g/mol. The molecule has 1 amide bonds. The van der Waals surface area contributed by atoms with Crippen molar-refractivity contribution in [2.45, 2.75) is 12.5 Å². The standard InChI is InChI=1S/C14H12N2O3S/c17-13(12-5-15-8-20-12)16-6-9-3-1-2-4-10(9)11(7-16)14(18)19/h1-5,8,11H,6-7H2,(H,18,19). The van der Waals surface area contributed by atoms with Crippen molar-refractivity contribution >= 4 is 23.2 Å². The second kappa shape index (κ2) is 5.05. The lowest BCUT2D eigenvalue weighted by molar-refractivity contribution is -0.139. The molecule has 0 radical (unpaired) electrons. The molecule has 0 spiro atoms. The molecule has 20 heavy (non-hydrogen) atoms. The molecule has 0 saturated heterocycles. The lowest BCUT2D eigenvalue weighted by atomic mass is 9.90. The Kier molecular flexibility index (Phi) is 3.23. The van der Waals surface area contributed by atoms with E-state index in [0.717, 1.165) is 11.1 Å². The van der Waals surface area contributed by atoms with Crippen LogP contribution in [0.4, 0.5) is 0 Å². The minimum Gasteiger partial charge on any atom is -0.481 e. The first-order chi connectivity index (χ1) is 9.66. The van der Waals surface area contributed by atoms with E-state index in [1.807, 2.05) is 24.3 Å². The number of aromatic nitrogens is 1. The van der Waals surface area contributed by atoms with Gasteiger partial charge in [0.25, 0.3) is 5.91 Å². The average Bonchev–Trinajstić information content (AvgIpc) is 2.99. The van der Waals surface area contributed by atoms with Gasteiger partial charge >= 0.3 is 5.97 Å². The van der Waals surface area contributed by atoms with E-state index in [-0.39, 0.29) is 12.5 Å². The topological polar surface area (TPSA) is 70.5 Å². The van der Waals surface area contributed by atoms with Gasteiger partial charge in [0.05, 0.1) is 17.6 Å². The third kappa shape index (κ3) is 2.18. The fraction of sp³-hybridized carbons (Fsp3) is 0.214. The molecule has 1 aliphatic rings. The van der Waals surface area contributed by atoms with Crippen LogP contribution in [0, 0.1) is 0 Å². The Morgan fingerprint density at radius 3 is 2.85 bits per heavy atom. The highest BCUT2D eigenvalue weighted by Gasteiger charge is 2.32. The Labute approximate surface area is 119 Å². The van der Waals surface area contributed by atoms with Crippen molar-refractivity contribution in [3.8, 4) is 0 Å². The Bertz CT molecular complexity index is 654. The van der Waals surface area contributed by atoms with Crippen LogP contribution in [0.25, 0.3) is 0 Å². The monoisotopic (exact) mass is 288 g/mol. The van der Waals surface area contributed by atoms with E-state index in [4.69, 9.17) is 0 Å². The van der Waals surface area contributed by atoms with Crippen molar-refractivity contribution in [3.05, 3.63) is 52.0 Å². The summed E-state index contributed by atoms with van der Waals surface area (Å²) in [5, 5.41) is 9.37. The first kappa shape index (κ1) is 12.8. The van der Waals surface area contributed by atoms with Crippen LogP contribution >= 0.6 is 11.3 Å². The van der Waals surface area contributed by atoms with Gasteiger partial charge < -0.3 is 10.0 Å². The van der Waals surface area contributed by atoms with Crippen LogP contribution in [-0.2, 0) is 11.3 Å². The van der Waals surface area contributed by atoms with Gasteiger partial charge in [-0.05, 0) is 11.1 Å². The van der Waals surface area contributed by atoms with Gasteiger partial charge in [-0.25, -0.2) is 0 Å². The molecule has 0 fully saturated rings. The molecule has 1 N–H and O–H groups in total. The summed E-state index contributed by atoms with van der Waals surface area (Å²) in [5.74, 6) is -1.73. The number of benzene rings is 1. The number of hydrogen-bond acceptors (Lipinski definition) is 4. The van der Waals surface area contributed by atoms with E-state index in [0.29, 0.717) is 11.4 Å². The van der Waals surface area contributed by atoms with Gasteiger partial charge in [0, 0.05) is 13.1 Å². The van der Waals surface area contributed by atoms with Crippen molar-refractivity contribution in [2.75, 3.05) is 6.54 Å². The summed E-state index contributed by atoms with van der Waals surface area (Å²) in [5.41, 5.74) is 3.29. The van der Waals surface area contributed by atoms with E-state index < -0.39 is 11.9 Å². The SMILES string of the molecule is O=C(O)C1CN(C(=O)c2cncs2)Cc2ccccc21. The fourth-order valence-electron chi connectivity index (χ4n) is 2.45. The van der Waals surface area contributed by atoms with E-state index in [9.17, 15) is 14.7 Å². The van der Waals surface area contributed by atoms with E-state index in [2.05, 4.69) is 4.98 Å². The summed E-state index contributed by atoms with van der Waals surface area (Å²) in [7, 11) is 0. The third-order valence-corrected chi connectivity index (χ3v) is 4.18. The summed E-state index contributed by atoms with van der Waals surface area (Å²) in [6, 6.07) is 7.38. The second-order valence-corrected chi connectivity index (χ2v) is 5.53. The Morgan fingerprint density at radius 1 is 1.35 bits per heavy atom. The smallest absolute Gasteiger partial charge is 0.312 e. The van der Waals surface area contributed by atoms with Gasteiger partial charge in [0.15, 0.2) is 0 Å². The number of carbonyl (C=O) groups is 2. The van der Waals surface area contributed by atoms with Crippen molar-refractivity contribution in [3.63, 3.8) is 0 Å². The highest BCUT2D eigenvalue weighted by molar-refractivity contribution is 7.11. The van der Waals surface area contributed by atoms with Crippen LogP contribution < -0.4 is 0 Å². The molecule has 1 aliphatic heterocycles. The van der Waals surface area contributed by atoms with Gasteiger partial charge in [-0.15, -0.1) is 11.3 Å². The molecule has 2 aromatic rings. The highest BCUT2D eigenvalue weighted by atomic mass is 32.1. The number of fused-ring (bicyclic) bond motifs is 1. The van der Waals surface area contributed by atoms with Crippen molar-refractivity contribution < 1.29 is 14.7 Å². The number of carboxylic acid groups (broad SMARTS) is 1. The number of thiazole rings is 1. The molecule has 0 bridgehead atoms. The molecule has 102 valence electrons. The lowest BCUT2D eigenvalue weighted by Crippen LogP contribution is -2.40. The highest BCUT2D eigenvalue weighted by Crippen LogP contribution is 2.29. The predicted octanol–water partition coefficient (Wildman–Crippen LogP) is 1.97. The van der Waals surface area contributed by atoms with E-state index in [1.165, 1.54) is 17.5 Å². The zero-order valence-corrected chi connectivity index (χ0v) is 11.3. The number of hydrogen-bond donors (Lipinski definition) is 1. The zero-order valence-electron chi connectivity index (χ0n) is 10.5. The lowest BCUT2D eigenvalue weighted by Gasteiger charge is -2.32. The Balaban J connectivity index is 1.94. The summed E-state index contributed by atoms with van der Waals surface area (Å²) in [4.78, 5) is 29.8. The predicted molar refractivity (Wildman–Crippen MR) is 73.7 cm³/mol. The summed E-state index contributed by atoms with van der Waals surface area (Å²) >= 11 is 1.27. The quantitative estimate of drug-likeness (QED) is 0.917. The van der Waals surface area contributed by atoms with Crippen LogP contribution in [0.3, 0.4) is 0 Å². The van der Waals surface area contributed by atoms with Gasteiger partial charge in [0.2, 0.25) is 0 Å². The van der Waals surface area contributed by atoms with Gasteiger partial charge in [-0.1, -0.05) is 24.3 Å². The van der Waals surface area contributed by atoms with Crippen LogP contribution in [0.15, 0.2) is 36.0 Å². The van der Waals surface area contributed by atoms with Gasteiger partial charge in [0.1, 0.15) is 4.88 Å². The molecular formula is C14H12N2O3S. The minimum absolute atomic E-state index is 0.159.